The van der Waals surface area contributed by atoms with Crippen LogP contribution in [0.1, 0.15) is 17.8 Å². The summed E-state index contributed by atoms with van der Waals surface area (Å²) in [5.41, 5.74) is 0. The molecule has 1 saturated heterocycles. The number of ether oxygens (including phenoxy) is 1. The summed E-state index contributed by atoms with van der Waals surface area (Å²) in [7, 11) is 0. The van der Waals surface area contributed by atoms with Crippen molar-refractivity contribution in [2.45, 2.75) is 11.8 Å². The number of nitrogens with zero attached hydrogens (tertiary/aromatic N) is 2. The van der Waals surface area contributed by atoms with E-state index in [1.54, 1.807) is 11.8 Å². The van der Waals surface area contributed by atoms with Gasteiger partial charge in [-0.2, -0.15) is 16.7 Å². The molecule has 1 fully saturated rings. The highest BCUT2D eigenvalue weighted by Gasteiger charge is 2.20. The molecule has 0 aliphatic carbocycles. The van der Waals surface area contributed by atoms with Crippen molar-refractivity contribution in [3.05, 3.63) is 11.7 Å². The van der Waals surface area contributed by atoms with Gasteiger partial charge < -0.3 is 14.6 Å². The Morgan fingerprint density at radius 2 is 2.57 bits per heavy atom. The Hall–Kier alpha value is -0.590. The molecule has 0 radical (unpaired) electrons. The van der Waals surface area contributed by atoms with Crippen LogP contribution in [0, 0.1) is 0 Å². The first-order valence-electron chi connectivity index (χ1n) is 4.52. The summed E-state index contributed by atoms with van der Waals surface area (Å²) in [6, 6.07) is 0.0862. The van der Waals surface area contributed by atoms with Crippen LogP contribution in [0.2, 0.25) is 0 Å². The molecule has 0 spiro atoms. The number of morpholine rings is 1. The van der Waals surface area contributed by atoms with E-state index in [4.69, 9.17) is 9.26 Å². The summed E-state index contributed by atoms with van der Waals surface area (Å²) < 4.78 is 10.4. The zero-order valence-electron chi connectivity index (χ0n) is 8.02. The molecule has 2 rings (SSSR count). The zero-order valence-corrected chi connectivity index (χ0v) is 8.84. The number of thioether (sulfide) groups is 1. The van der Waals surface area contributed by atoms with E-state index in [1.807, 2.05) is 6.26 Å². The van der Waals surface area contributed by atoms with E-state index in [0.717, 1.165) is 18.9 Å². The third-order valence-electron chi connectivity index (χ3n) is 1.98. The Morgan fingerprint density at radius 3 is 3.29 bits per heavy atom. The van der Waals surface area contributed by atoms with Gasteiger partial charge in [0, 0.05) is 6.54 Å². The van der Waals surface area contributed by atoms with Crippen molar-refractivity contribution in [2.24, 2.45) is 0 Å². The standard InChI is InChI=1S/C8H13N3O2S/c1-14-5-7-10-8(11-13-7)6-4-12-3-2-9-6/h6,9H,2-5H2,1H3. The van der Waals surface area contributed by atoms with E-state index < -0.39 is 0 Å². The quantitative estimate of drug-likeness (QED) is 0.796. The molecule has 1 N–H and O–H groups in total. The molecular formula is C8H13N3O2S. The predicted molar refractivity (Wildman–Crippen MR) is 53.1 cm³/mol. The average Bonchev–Trinajstić information content (AvgIpc) is 2.68. The Labute approximate surface area is 86.6 Å². The van der Waals surface area contributed by atoms with Crippen LogP contribution in [0.4, 0.5) is 0 Å². The fourth-order valence-corrected chi connectivity index (χ4v) is 1.69. The second-order valence-corrected chi connectivity index (χ2v) is 3.93. The monoisotopic (exact) mass is 215 g/mol. The second kappa shape index (κ2) is 4.77. The Kier molecular flexibility index (Phi) is 3.39. The fourth-order valence-electron chi connectivity index (χ4n) is 1.32. The van der Waals surface area contributed by atoms with Gasteiger partial charge in [0.25, 0.3) is 0 Å². The molecule has 1 aromatic heterocycles. The summed E-state index contributed by atoms with van der Waals surface area (Å²) in [5.74, 6) is 2.15. The summed E-state index contributed by atoms with van der Waals surface area (Å²) in [6.45, 7) is 2.22. The molecule has 1 aromatic rings. The molecule has 0 saturated carbocycles. The third kappa shape index (κ3) is 2.26. The molecular weight excluding hydrogens is 202 g/mol. The van der Waals surface area contributed by atoms with Gasteiger partial charge in [0.15, 0.2) is 5.82 Å². The molecule has 6 heteroatoms. The molecule has 2 heterocycles. The average molecular weight is 215 g/mol. The number of rotatable bonds is 3. The van der Waals surface area contributed by atoms with E-state index in [9.17, 15) is 0 Å². The Bertz CT molecular complexity index is 286. The highest BCUT2D eigenvalue weighted by atomic mass is 32.2. The number of hydrogen-bond acceptors (Lipinski definition) is 6. The highest BCUT2D eigenvalue weighted by Crippen LogP contribution is 2.14. The minimum atomic E-state index is 0.0862. The summed E-state index contributed by atoms with van der Waals surface area (Å²) in [5, 5.41) is 7.19. The first kappa shape index (κ1) is 9.95. The lowest BCUT2D eigenvalue weighted by Crippen LogP contribution is -2.35. The minimum absolute atomic E-state index is 0.0862. The van der Waals surface area contributed by atoms with E-state index >= 15 is 0 Å². The first-order chi connectivity index (χ1) is 6.90. The molecule has 0 amide bonds. The van der Waals surface area contributed by atoms with Crippen molar-refractivity contribution >= 4 is 11.8 Å². The highest BCUT2D eigenvalue weighted by molar-refractivity contribution is 7.97. The molecule has 14 heavy (non-hydrogen) atoms. The normalized spacial score (nSPS) is 22.5. The van der Waals surface area contributed by atoms with Crippen LogP contribution in [0.25, 0.3) is 0 Å². The van der Waals surface area contributed by atoms with Gasteiger partial charge in [-0.3, -0.25) is 0 Å². The first-order valence-corrected chi connectivity index (χ1v) is 5.92. The van der Waals surface area contributed by atoms with E-state index in [0.29, 0.717) is 18.3 Å². The lowest BCUT2D eigenvalue weighted by atomic mass is 10.3. The number of nitrogens with one attached hydrogen (secondary N) is 1. The second-order valence-electron chi connectivity index (χ2n) is 3.06. The lowest BCUT2D eigenvalue weighted by Gasteiger charge is -2.20. The van der Waals surface area contributed by atoms with Gasteiger partial charge in [0.1, 0.15) is 0 Å². The Balaban J connectivity index is 2.00. The predicted octanol–water partition coefficient (Wildman–Crippen LogP) is 0.593. The van der Waals surface area contributed by atoms with Crippen molar-refractivity contribution in [3.8, 4) is 0 Å². The van der Waals surface area contributed by atoms with Gasteiger partial charge in [-0.1, -0.05) is 5.16 Å². The van der Waals surface area contributed by atoms with Crippen LogP contribution >= 0.6 is 11.8 Å². The van der Waals surface area contributed by atoms with E-state index in [-0.39, 0.29) is 6.04 Å². The van der Waals surface area contributed by atoms with Crippen molar-refractivity contribution in [3.63, 3.8) is 0 Å². The smallest absolute Gasteiger partial charge is 0.236 e. The minimum Gasteiger partial charge on any atom is -0.378 e. The lowest BCUT2D eigenvalue weighted by molar-refractivity contribution is 0.0734. The van der Waals surface area contributed by atoms with Gasteiger partial charge in [-0.15, -0.1) is 0 Å². The molecule has 0 aromatic carbocycles. The van der Waals surface area contributed by atoms with Crippen LogP contribution in [-0.4, -0.2) is 36.2 Å². The van der Waals surface area contributed by atoms with Crippen LogP contribution in [-0.2, 0) is 10.5 Å². The van der Waals surface area contributed by atoms with Gasteiger partial charge in [-0.25, -0.2) is 0 Å². The maximum Gasteiger partial charge on any atom is 0.236 e. The van der Waals surface area contributed by atoms with E-state index in [1.165, 1.54) is 0 Å². The molecule has 5 nitrogen and oxygen atoms in total. The molecule has 78 valence electrons. The molecule has 1 aliphatic rings. The van der Waals surface area contributed by atoms with Gasteiger partial charge in [-0.05, 0) is 6.26 Å². The molecule has 0 bridgehead atoms. The van der Waals surface area contributed by atoms with Crippen LogP contribution in [0.5, 0.6) is 0 Å². The molecule has 1 unspecified atom stereocenters. The maximum atomic E-state index is 5.32. The van der Waals surface area contributed by atoms with Crippen molar-refractivity contribution in [2.75, 3.05) is 26.0 Å². The summed E-state index contributed by atoms with van der Waals surface area (Å²) in [4.78, 5) is 4.28. The number of aromatic nitrogens is 2. The van der Waals surface area contributed by atoms with Crippen molar-refractivity contribution in [1.82, 2.24) is 15.5 Å². The summed E-state index contributed by atoms with van der Waals surface area (Å²) in [6.07, 6.45) is 2.01. The topological polar surface area (TPSA) is 60.2 Å². The summed E-state index contributed by atoms with van der Waals surface area (Å²) >= 11 is 1.67. The Morgan fingerprint density at radius 1 is 1.64 bits per heavy atom. The van der Waals surface area contributed by atoms with Crippen molar-refractivity contribution < 1.29 is 9.26 Å². The van der Waals surface area contributed by atoms with E-state index in [2.05, 4.69) is 15.5 Å². The van der Waals surface area contributed by atoms with Gasteiger partial charge in [0.05, 0.1) is 25.0 Å². The third-order valence-corrected chi connectivity index (χ3v) is 2.52. The zero-order chi connectivity index (χ0) is 9.80. The van der Waals surface area contributed by atoms with Crippen LogP contribution in [0.3, 0.4) is 0 Å². The molecule has 1 atom stereocenters. The number of hydrogen-bond donors (Lipinski definition) is 1. The van der Waals surface area contributed by atoms with Gasteiger partial charge in [0.2, 0.25) is 5.89 Å². The molecule has 1 aliphatic heterocycles. The largest absolute Gasteiger partial charge is 0.378 e. The van der Waals surface area contributed by atoms with Crippen LogP contribution in [0.15, 0.2) is 4.52 Å². The van der Waals surface area contributed by atoms with Crippen LogP contribution < -0.4 is 5.32 Å². The fraction of sp³-hybridized carbons (Fsp3) is 0.750. The van der Waals surface area contributed by atoms with Crippen molar-refractivity contribution in [1.29, 1.82) is 0 Å². The van der Waals surface area contributed by atoms with Gasteiger partial charge >= 0.3 is 0 Å². The SMILES string of the molecule is CSCc1nc(C2COCCN2)no1. The maximum absolute atomic E-state index is 5.32.